The summed E-state index contributed by atoms with van der Waals surface area (Å²) in [6.07, 6.45) is 0.123. The predicted molar refractivity (Wildman–Crippen MR) is 92.4 cm³/mol. The summed E-state index contributed by atoms with van der Waals surface area (Å²) in [7, 11) is 3.82. The first-order valence-electron chi connectivity index (χ1n) is 8.85. The molecule has 0 fully saturated rings. The van der Waals surface area contributed by atoms with E-state index in [0.29, 0.717) is 50.8 Å². The number of hydrogen-bond acceptors (Lipinski definition) is 6. The molecule has 0 spiro atoms. The molecule has 2 aromatic heterocycles. The topological polar surface area (TPSA) is 99.5 Å². The molecular weight excluding hydrogens is 336 g/mol. The SMILES string of the molecule is CN(C)C[C@H](O)c1cc2n(n1)CCN(C(=O)c1n[nH]c3c1COCC3)C2. The fourth-order valence-electron chi connectivity index (χ4n) is 3.50. The maximum Gasteiger partial charge on any atom is 0.275 e. The summed E-state index contributed by atoms with van der Waals surface area (Å²) in [6, 6.07) is 1.89. The van der Waals surface area contributed by atoms with E-state index in [-0.39, 0.29) is 5.91 Å². The Bertz CT molecular complexity index is 812. The zero-order valence-corrected chi connectivity index (χ0v) is 15.1. The molecule has 1 amide bonds. The summed E-state index contributed by atoms with van der Waals surface area (Å²) in [6.45, 7) is 3.24. The molecule has 2 aromatic rings. The molecule has 26 heavy (non-hydrogen) atoms. The number of hydrogen-bond donors (Lipinski definition) is 2. The molecule has 0 saturated carbocycles. The molecule has 140 valence electrons. The number of ether oxygens (including phenoxy) is 1. The van der Waals surface area contributed by atoms with Gasteiger partial charge in [-0.1, -0.05) is 0 Å². The molecule has 1 atom stereocenters. The first-order chi connectivity index (χ1) is 12.5. The normalized spacial score (nSPS) is 17.9. The first-order valence-corrected chi connectivity index (χ1v) is 8.85. The number of aliphatic hydroxyl groups is 1. The van der Waals surface area contributed by atoms with Crippen LogP contribution in [0.1, 0.15) is 39.2 Å². The fraction of sp³-hybridized carbons (Fsp3) is 0.588. The van der Waals surface area contributed by atoms with Gasteiger partial charge in [0.2, 0.25) is 0 Å². The Kier molecular flexibility index (Phi) is 4.51. The first kappa shape index (κ1) is 17.2. The number of nitrogens with one attached hydrogen (secondary N) is 1. The van der Waals surface area contributed by atoms with Crippen molar-refractivity contribution in [2.75, 3.05) is 33.8 Å². The molecule has 9 nitrogen and oxygen atoms in total. The van der Waals surface area contributed by atoms with Crippen molar-refractivity contribution in [1.82, 2.24) is 29.8 Å². The average molecular weight is 360 g/mol. The summed E-state index contributed by atoms with van der Waals surface area (Å²) in [5.74, 6) is -0.0872. The van der Waals surface area contributed by atoms with E-state index in [4.69, 9.17) is 4.74 Å². The second-order valence-electron chi connectivity index (χ2n) is 7.12. The lowest BCUT2D eigenvalue weighted by Gasteiger charge is -2.27. The maximum atomic E-state index is 12.9. The van der Waals surface area contributed by atoms with Crippen molar-refractivity contribution in [2.24, 2.45) is 0 Å². The summed E-state index contributed by atoms with van der Waals surface area (Å²) in [5, 5.41) is 22.0. The number of carbonyl (C=O) groups is 1. The number of aromatic amines is 1. The summed E-state index contributed by atoms with van der Waals surface area (Å²) in [5.41, 5.74) is 3.91. The second kappa shape index (κ2) is 6.82. The Morgan fingerprint density at radius 1 is 1.46 bits per heavy atom. The number of fused-ring (bicyclic) bond motifs is 2. The second-order valence-corrected chi connectivity index (χ2v) is 7.12. The van der Waals surface area contributed by atoms with Crippen LogP contribution in [0.5, 0.6) is 0 Å². The number of carbonyl (C=O) groups excluding carboxylic acids is 1. The molecule has 9 heteroatoms. The standard InChI is InChI=1S/C17H24N6O3/c1-21(2)9-15(24)14-7-11-8-22(4-5-23(11)20-14)17(25)16-12-10-26-6-3-13(12)18-19-16/h7,15,24H,3-6,8-10H2,1-2H3,(H,18,19)/t15-/m0/s1. The third-order valence-corrected chi connectivity index (χ3v) is 4.88. The van der Waals surface area contributed by atoms with Crippen LogP contribution < -0.4 is 0 Å². The molecule has 0 unspecified atom stereocenters. The molecule has 0 saturated heterocycles. The average Bonchev–Trinajstić information content (AvgIpc) is 3.24. The molecule has 0 bridgehead atoms. The Morgan fingerprint density at radius 2 is 2.31 bits per heavy atom. The van der Waals surface area contributed by atoms with Gasteiger partial charge in [-0.05, 0) is 20.2 Å². The number of amides is 1. The lowest BCUT2D eigenvalue weighted by molar-refractivity contribution is 0.0687. The van der Waals surface area contributed by atoms with Crippen LogP contribution in [0.2, 0.25) is 0 Å². The van der Waals surface area contributed by atoms with Crippen LogP contribution in [-0.4, -0.2) is 74.6 Å². The third-order valence-electron chi connectivity index (χ3n) is 4.88. The number of likely N-dealkylation sites (N-methyl/N-ethyl adjacent to an activating group) is 1. The van der Waals surface area contributed by atoms with Crippen LogP contribution >= 0.6 is 0 Å². The number of aromatic nitrogens is 4. The van der Waals surface area contributed by atoms with Gasteiger partial charge in [0.1, 0.15) is 6.10 Å². The Morgan fingerprint density at radius 3 is 3.12 bits per heavy atom. The van der Waals surface area contributed by atoms with Gasteiger partial charge in [0.25, 0.3) is 5.91 Å². The van der Waals surface area contributed by atoms with Crippen LogP contribution in [0, 0.1) is 0 Å². The van der Waals surface area contributed by atoms with Crippen LogP contribution in [0.4, 0.5) is 0 Å². The van der Waals surface area contributed by atoms with Gasteiger partial charge in [-0.25, -0.2) is 0 Å². The van der Waals surface area contributed by atoms with E-state index < -0.39 is 6.10 Å². The summed E-state index contributed by atoms with van der Waals surface area (Å²) < 4.78 is 7.35. The van der Waals surface area contributed by atoms with Gasteiger partial charge < -0.3 is 19.6 Å². The van der Waals surface area contributed by atoms with E-state index >= 15 is 0 Å². The van der Waals surface area contributed by atoms with Crippen LogP contribution in [0.15, 0.2) is 6.07 Å². The minimum absolute atomic E-state index is 0.0872. The zero-order chi connectivity index (χ0) is 18.3. The number of H-pyrrole nitrogens is 1. The molecule has 4 rings (SSSR count). The Labute approximate surface area is 151 Å². The van der Waals surface area contributed by atoms with Crippen molar-refractivity contribution >= 4 is 5.91 Å². The van der Waals surface area contributed by atoms with Crippen LogP contribution in [-0.2, 0) is 30.9 Å². The number of nitrogens with zero attached hydrogens (tertiary/aromatic N) is 5. The highest BCUT2D eigenvalue weighted by Gasteiger charge is 2.29. The van der Waals surface area contributed by atoms with E-state index in [1.807, 2.05) is 29.7 Å². The van der Waals surface area contributed by atoms with E-state index in [9.17, 15) is 9.90 Å². The van der Waals surface area contributed by atoms with Gasteiger partial charge >= 0.3 is 0 Å². The molecule has 0 aromatic carbocycles. The van der Waals surface area contributed by atoms with Gasteiger partial charge in [0, 0.05) is 30.8 Å². The highest BCUT2D eigenvalue weighted by molar-refractivity contribution is 5.94. The lowest BCUT2D eigenvalue weighted by Crippen LogP contribution is -2.39. The molecule has 2 aliphatic heterocycles. The van der Waals surface area contributed by atoms with E-state index in [1.165, 1.54) is 0 Å². The molecule has 0 aliphatic carbocycles. The van der Waals surface area contributed by atoms with Gasteiger partial charge in [0.05, 0.1) is 37.7 Å². The Hall–Kier alpha value is -2.23. The van der Waals surface area contributed by atoms with Crippen molar-refractivity contribution in [2.45, 2.75) is 32.2 Å². The highest BCUT2D eigenvalue weighted by Crippen LogP contribution is 2.23. The smallest absolute Gasteiger partial charge is 0.275 e. The number of aliphatic hydroxyl groups excluding tert-OH is 1. The Balaban J connectivity index is 1.50. The quantitative estimate of drug-likeness (QED) is 0.792. The van der Waals surface area contributed by atoms with Gasteiger partial charge in [0.15, 0.2) is 5.69 Å². The fourth-order valence-corrected chi connectivity index (χ4v) is 3.50. The lowest BCUT2D eigenvalue weighted by atomic mass is 10.1. The minimum Gasteiger partial charge on any atom is -0.385 e. The van der Waals surface area contributed by atoms with E-state index in [1.54, 1.807) is 4.90 Å². The maximum absolute atomic E-state index is 12.9. The van der Waals surface area contributed by atoms with Gasteiger partial charge in [-0.15, -0.1) is 0 Å². The highest BCUT2D eigenvalue weighted by atomic mass is 16.5. The molecule has 2 aliphatic rings. The van der Waals surface area contributed by atoms with Crippen molar-refractivity contribution in [1.29, 1.82) is 0 Å². The number of rotatable bonds is 4. The molecule has 0 radical (unpaired) electrons. The van der Waals surface area contributed by atoms with Crippen molar-refractivity contribution in [3.63, 3.8) is 0 Å². The molecule has 2 N–H and O–H groups in total. The summed E-state index contributed by atoms with van der Waals surface area (Å²) >= 11 is 0. The zero-order valence-electron chi connectivity index (χ0n) is 15.1. The monoisotopic (exact) mass is 360 g/mol. The molecule has 4 heterocycles. The van der Waals surface area contributed by atoms with Gasteiger partial charge in [-0.3, -0.25) is 14.6 Å². The minimum atomic E-state index is -0.636. The van der Waals surface area contributed by atoms with E-state index in [2.05, 4.69) is 15.3 Å². The van der Waals surface area contributed by atoms with Crippen LogP contribution in [0.3, 0.4) is 0 Å². The van der Waals surface area contributed by atoms with Gasteiger partial charge in [-0.2, -0.15) is 10.2 Å². The van der Waals surface area contributed by atoms with Crippen LogP contribution in [0.25, 0.3) is 0 Å². The predicted octanol–water partition coefficient (Wildman–Crippen LogP) is -0.0701. The van der Waals surface area contributed by atoms with Crippen molar-refractivity contribution < 1.29 is 14.6 Å². The summed E-state index contributed by atoms with van der Waals surface area (Å²) in [4.78, 5) is 16.6. The third kappa shape index (κ3) is 3.13. The largest absolute Gasteiger partial charge is 0.385 e. The van der Waals surface area contributed by atoms with E-state index in [0.717, 1.165) is 23.4 Å². The molecular formula is C17H24N6O3. The van der Waals surface area contributed by atoms with Crippen molar-refractivity contribution in [3.05, 3.63) is 34.4 Å². The van der Waals surface area contributed by atoms with Crippen molar-refractivity contribution in [3.8, 4) is 0 Å².